The minimum Gasteiger partial charge on any atom is -0.355 e. The van der Waals surface area contributed by atoms with E-state index in [2.05, 4.69) is 0 Å². The number of alkyl halides is 7. The molecule has 0 radical (unpaired) electrons. The molecule has 108 valence electrons. The van der Waals surface area contributed by atoms with E-state index in [9.17, 15) is 31.1 Å². The van der Waals surface area contributed by atoms with E-state index in [4.69, 9.17) is 11.6 Å². The Labute approximate surface area is 105 Å². The second-order valence-corrected chi connectivity index (χ2v) is 4.22. The smallest absolute Gasteiger partial charge is 0.355 e. The molecule has 1 unspecified atom stereocenters. The summed E-state index contributed by atoms with van der Waals surface area (Å²) in [5, 5.41) is 1.64. The van der Waals surface area contributed by atoms with E-state index < -0.39 is 24.2 Å². The first-order valence-corrected chi connectivity index (χ1v) is 5.50. The SMILES string of the molecule is CC(CCCl)CNC(=O)C(C(F)(F)F)C(F)(F)F. The fourth-order valence-corrected chi connectivity index (χ4v) is 1.52. The lowest BCUT2D eigenvalue weighted by molar-refractivity contribution is -0.274. The summed E-state index contributed by atoms with van der Waals surface area (Å²) in [6.07, 6.45) is -10.9. The third kappa shape index (κ3) is 5.79. The molecule has 0 aromatic rings. The number of halogens is 7. The number of rotatable bonds is 5. The average Bonchev–Trinajstić information content (AvgIpc) is 2.10. The molecule has 0 saturated carbocycles. The second-order valence-electron chi connectivity index (χ2n) is 3.84. The second kappa shape index (κ2) is 6.49. The van der Waals surface area contributed by atoms with Crippen LogP contribution in [0, 0.1) is 11.8 Å². The third-order valence-electron chi connectivity index (χ3n) is 2.14. The van der Waals surface area contributed by atoms with Gasteiger partial charge in [0.1, 0.15) is 0 Å². The molecule has 0 aromatic carbocycles. The van der Waals surface area contributed by atoms with Gasteiger partial charge in [0.2, 0.25) is 11.8 Å². The van der Waals surface area contributed by atoms with Crippen molar-refractivity contribution in [3.63, 3.8) is 0 Å². The van der Waals surface area contributed by atoms with Gasteiger partial charge in [-0.3, -0.25) is 4.79 Å². The van der Waals surface area contributed by atoms with Crippen molar-refractivity contribution in [2.24, 2.45) is 11.8 Å². The zero-order valence-electron chi connectivity index (χ0n) is 9.33. The van der Waals surface area contributed by atoms with Gasteiger partial charge in [-0.25, -0.2) is 0 Å². The van der Waals surface area contributed by atoms with Gasteiger partial charge in [0.15, 0.2) is 0 Å². The van der Waals surface area contributed by atoms with Crippen molar-refractivity contribution in [2.75, 3.05) is 12.4 Å². The zero-order valence-corrected chi connectivity index (χ0v) is 10.1. The summed E-state index contributed by atoms with van der Waals surface area (Å²) in [4.78, 5) is 11.0. The Hall–Kier alpha value is -0.660. The van der Waals surface area contributed by atoms with Crippen molar-refractivity contribution in [3.8, 4) is 0 Å². The first kappa shape index (κ1) is 17.3. The van der Waals surface area contributed by atoms with E-state index in [1.165, 1.54) is 0 Å². The minimum absolute atomic E-state index is 0.207. The summed E-state index contributed by atoms with van der Waals surface area (Å²) >= 11 is 5.35. The van der Waals surface area contributed by atoms with E-state index in [-0.39, 0.29) is 18.3 Å². The molecule has 0 aliphatic heterocycles. The number of hydrogen-bond donors (Lipinski definition) is 1. The van der Waals surface area contributed by atoms with E-state index in [0.717, 1.165) is 0 Å². The number of nitrogens with one attached hydrogen (secondary N) is 1. The molecule has 1 amide bonds. The quantitative estimate of drug-likeness (QED) is 0.613. The van der Waals surface area contributed by atoms with Crippen LogP contribution in [0.4, 0.5) is 26.3 Å². The number of amides is 1. The molecule has 0 aromatic heterocycles. The van der Waals surface area contributed by atoms with Crippen molar-refractivity contribution < 1.29 is 31.1 Å². The van der Waals surface area contributed by atoms with Crippen molar-refractivity contribution in [1.82, 2.24) is 5.32 Å². The van der Waals surface area contributed by atoms with Crippen LogP contribution in [-0.4, -0.2) is 30.7 Å². The lowest BCUT2D eigenvalue weighted by atomic mass is 10.1. The van der Waals surface area contributed by atoms with Crippen LogP contribution >= 0.6 is 11.6 Å². The fraction of sp³-hybridized carbons (Fsp3) is 0.889. The van der Waals surface area contributed by atoms with Crippen molar-refractivity contribution >= 4 is 17.5 Å². The van der Waals surface area contributed by atoms with Crippen molar-refractivity contribution in [2.45, 2.75) is 25.7 Å². The Bertz CT molecular complexity index is 263. The Kier molecular flexibility index (Phi) is 6.25. The number of carbonyl (C=O) groups is 1. The van der Waals surface area contributed by atoms with E-state index in [1.54, 1.807) is 12.2 Å². The molecule has 0 aliphatic carbocycles. The van der Waals surface area contributed by atoms with Gasteiger partial charge in [0, 0.05) is 12.4 Å². The first-order chi connectivity index (χ1) is 8.00. The van der Waals surface area contributed by atoms with Crippen LogP contribution in [0.1, 0.15) is 13.3 Å². The molecule has 0 bridgehead atoms. The Morgan fingerprint density at radius 1 is 1.17 bits per heavy atom. The van der Waals surface area contributed by atoms with Crippen LogP contribution in [0.5, 0.6) is 0 Å². The normalized spacial score (nSPS) is 14.7. The largest absolute Gasteiger partial charge is 0.409 e. The summed E-state index contributed by atoms with van der Waals surface area (Å²) < 4.78 is 72.8. The monoisotopic (exact) mass is 299 g/mol. The van der Waals surface area contributed by atoms with Gasteiger partial charge < -0.3 is 5.32 Å². The molecule has 2 nitrogen and oxygen atoms in total. The van der Waals surface area contributed by atoms with Gasteiger partial charge in [0.05, 0.1) is 0 Å². The molecule has 0 heterocycles. The maximum atomic E-state index is 12.1. The highest BCUT2D eigenvalue weighted by Crippen LogP contribution is 2.39. The van der Waals surface area contributed by atoms with Crippen LogP contribution in [0.15, 0.2) is 0 Å². The van der Waals surface area contributed by atoms with Crippen LogP contribution in [0.25, 0.3) is 0 Å². The molecule has 1 atom stereocenters. The maximum absolute atomic E-state index is 12.1. The highest BCUT2D eigenvalue weighted by atomic mass is 35.5. The molecule has 0 fully saturated rings. The molecule has 0 aliphatic rings. The number of hydrogen-bond acceptors (Lipinski definition) is 1. The van der Waals surface area contributed by atoms with Gasteiger partial charge in [-0.15, -0.1) is 11.6 Å². The van der Waals surface area contributed by atoms with Gasteiger partial charge in [0.25, 0.3) is 0 Å². The minimum atomic E-state index is -5.65. The molecular formula is C9H12ClF6NO. The summed E-state index contributed by atoms with van der Waals surface area (Å²) in [5.41, 5.74) is 0. The zero-order chi connectivity index (χ0) is 14.6. The molecule has 18 heavy (non-hydrogen) atoms. The van der Waals surface area contributed by atoms with Gasteiger partial charge >= 0.3 is 12.4 Å². The summed E-state index contributed by atoms with van der Waals surface area (Å²) in [5.74, 6) is -6.17. The third-order valence-corrected chi connectivity index (χ3v) is 2.36. The lowest BCUT2D eigenvalue weighted by Crippen LogP contribution is -2.48. The highest BCUT2D eigenvalue weighted by molar-refractivity contribution is 6.17. The maximum Gasteiger partial charge on any atom is 0.409 e. The average molecular weight is 300 g/mol. The standard InChI is InChI=1S/C9H12ClF6NO/c1-5(2-3-10)4-17-7(18)6(8(11,12)13)9(14,15)16/h5-6H,2-4H2,1H3,(H,17,18). The Morgan fingerprint density at radius 2 is 1.61 bits per heavy atom. The van der Waals surface area contributed by atoms with E-state index in [0.29, 0.717) is 6.42 Å². The predicted molar refractivity (Wildman–Crippen MR) is 53.1 cm³/mol. The number of carbonyl (C=O) groups excluding carboxylic acids is 1. The van der Waals surface area contributed by atoms with Crippen molar-refractivity contribution in [1.29, 1.82) is 0 Å². The lowest BCUT2D eigenvalue weighted by Gasteiger charge is -2.22. The molecule has 1 N–H and O–H groups in total. The molecule has 0 saturated heterocycles. The predicted octanol–water partition coefficient (Wildman–Crippen LogP) is 3.11. The summed E-state index contributed by atoms with van der Waals surface area (Å²) in [6.45, 7) is 1.27. The van der Waals surface area contributed by atoms with E-state index >= 15 is 0 Å². The van der Waals surface area contributed by atoms with Crippen LogP contribution in [0.3, 0.4) is 0 Å². The molecule has 0 rings (SSSR count). The fourth-order valence-electron chi connectivity index (χ4n) is 1.15. The molecule has 0 spiro atoms. The van der Waals surface area contributed by atoms with Crippen LogP contribution < -0.4 is 5.32 Å². The van der Waals surface area contributed by atoms with Crippen LogP contribution in [0.2, 0.25) is 0 Å². The topological polar surface area (TPSA) is 29.1 Å². The first-order valence-electron chi connectivity index (χ1n) is 4.97. The van der Waals surface area contributed by atoms with Gasteiger partial charge in [-0.05, 0) is 12.3 Å². The summed E-state index contributed by atoms with van der Waals surface area (Å²) in [6, 6.07) is 0. The van der Waals surface area contributed by atoms with E-state index in [1.807, 2.05) is 0 Å². The highest BCUT2D eigenvalue weighted by Gasteiger charge is 2.60. The molecular weight excluding hydrogens is 288 g/mol. The van der Waals surface area contributed by atoms with Gasteiger partial charge in [-0.2, -0.15) is 26.3 Å². The summed E-state index contributed by atoms with van der Waals surface area (Å²) in [7, 11) is 0. The van der Waals surface area contributed by atoms with Gasteiger partial charge in [-0.1, -0.05) is 6.92 Å². The Balaban J connectivity index is 4.61. The van der Waals surface area contributed by atoms with Crippen LogP contribution in [-0.2, 0) is 4.79 Å². The Morgan fingerprint density at radius 3 is 1.94 bits per heavy atom. The molecule has 9 heteroatoms. The van der Waals surface area contributed by atoms with Crippen molar-refractivity contribution in [3.05, 3.63) is 0 Å².